The van der Waals surface area contributed by atoms with Crippen molar-refractivity contribution in [2.24, 2.45) is 0 Å². The fourth-order valence-corrected chi connectivity index (χ4v) is 2.79. The van der Waals surface area contributed by atoms with Gasteiger partial charge in [-0.2, -0.15) is 15.0 Å². The van der Waals surface area contributed by atoms with Crippen molar-refractivity contribution in [3.05, 3.63) is 21.9 Å². The van der Waals surface area contributed by atoms with Crippen molar-refractivity contribution >= 4 is 29.2 Å². The predicted octanol–water partition coefficient (Wildman–Crippen LogP) is 2.61. The maximum absolute atomic E-state index is 4.43. The third-order valence-electron chi connectivity index (χ3n) is 2.98. The van der Waals surface area contributed by atoms with Gasteiger partial charge in [0.15, 0.2) is 0 Å². The van der Waals surface area contributed by atoms with Crippen molar-refractivity contribution in [2.75, 3.05) is 36.2 Å². The lowest BCUT2D eigenvalue weighted by molar-refractivity contribution is 0.936. The molecule has 21 heavy (non-hydrogen) atoms. The summed E-state index contributed by atoms with van der Waals surface area (Å²) >= 11 is 1.76. The third kappa shape index (κ3) is 4.04. The molecule has 0 aliphatic heterocycles. The number of rotatable bonds is 7. The maximum atomic E-state index is 4.43. The van der Waals surface area contributed by atoms with E-state index >= 15 is 0 Å². The molecule has 0 bridgehead atoms. The van der Waals surface area contributed by atoms with E-state index in [1.807, 2.05) is 25.9 Å². The second-order valence-electron chi connectivity index (χ2n) is 4.78. The molecule has 7 heteroatoms. The van der Waals surface area contributed by atoms with Crippen LogP contribution in [0.4, 0.5) is 17.8 Å². The lowest BCUT2D eigenvalue weighted by Crippen LogP contribution is -2.17. The molecule has 0 unspecified atom stereocenters. The number of hydrogen-bond acceptors (Lipinski definition) is 7. The highest BCUT2D eigenvalue weighted by molar-refractivity contribution is 7.10. The second kappa shape index (κ2) is 7.21. The predicted molar refractivity (Wildman–Crippen MR) is 89.3 cm³/mol. The summed E-state index contributed by atoms with van der Waals surface area (Å²) in [5.74, 6) is 1.84. The Morgan fingerprint density at radius 2 is 1.81 bits per heavy atom. The van der Waals surface area contributed by atoms with Crippen LogP contribution in [0.5, 0.6) is 0 Å². The summed E-state index contributed by atoms with van der Waals surface area (Å²) < 4.78 is 0. The van der Waals surface area contributed by atoms with Gasteiger partial charge in [-0.3, -0.25) is 0 Å². The molecule has 0 fully saturated rings. The molecule has 0 atom stereocenters. The van der Waals surface area contributed by atoms with E-state index in [4.69, 9.17) is 0 Å². The monoisotopic (exact) mass is 306 g/mol. The first-order chi connectivity index (χ1) is 10.1. The standard InChI is InChI=1S/C14H22N6S/c1-5-10-7-8-21-11(10)9-16-13-17-12(15-6-2)18-14(19-13)20(3)4/h7-8H,5-6,9H2,1-4H3,(H2,15,16,17,18,19). The first-order valence-corrected chi connectivity index (χ1v) is 7.98. The van der Waals surface area contributed by atoms with E-state index in [-0.39, 0.29) is 0 Å². The van der Waals surface area contributed by atoms with Gasteiger partial charge in [-0.05, 0) is 30.4 Å². The fourth-order valence-electron chi connectivity index (χ4n) is 1.88. The van der Waals surface area contributed by atoms with Gasteiger partial charge >= 0.3 is 0 Å². The lowest BCUT2D eigenvalue weighted by Gasteiger charge is -2.13. The first kappa shape index (κ1) is 15.5. The molecule has 0 spiro atoms. The van der Waals surface area contributed by atoms with Crippen LogP contribution in [0.1, 0.15) is 24.3 Å². The summed E-state index contributed by atoms with van der Waals surface area (Å²) in [6, 6.07) is 2.17. The van der Waals surface area contributed by atoms with Crippen LogP contribution in [0.15, 0.2) is 11.4 Å². The highest BCUT2D eigenvalue weighted by Gasteiger charge is 2.09. The maximum Gasteiger partial charge on any atom is 0.231 e. The van der Waals surface area contributed by atoms with Crippen LogP contribution >= 0.6 is 11.3 Å². The SMILES string of the molecule is CCNc1nc(NCc2sccc2CC)nc(N(C)C)n1. The molecular formula is C14H22N6S. The zero-order valence-electron chi connectivity index (χ0n) is 13.0. The summed E-state index contributed by atoms with van der Waals surface area (Å²) in [6.07, 6.45) is 1.04. The number of nitrogens with zero attached hydrogens (tertiary/aromatic N) is 4. The van der Waals surface area contributed by atoms with E-state index in [9.17, 15) is 0 Å². The van der Waals surface area contributed by atoms with Gasteiger partial charge in [0.25, 0.3) is 0 Å². The molecule has 2 aromatic heterocycles. The van der Waals surface area contributed by atoms with E-state index in [2.05, 4.69) is 44.0 Å². The van der Waals surface area contributed by atoms with Gasteiger partial charge in [0.1, 0.15) is 0 Å². The Kier molecular flexibility index (Phi) is 5.32. The Balaban J connectivity index is 2.15. The Hall–Kier alpha value is -1.89. The number of anilines is 3. The van der Waals surface area contributed by atoms with Crippen molar-refractivity contribution in [1.82, 2.24) is 15.0 Å². The van der Waals surface area contributed by atoms with Gasteiger partial charge in [-0.15, -0.1) is 11.3 Å². The Morgan fingerprint density at radius 1 is 1.10 bits per heavy atom. The Labute approximate surface area is 129 Å². The molecule has 0 aliphatic carbocycles. The van der Waals surface area contributed by atoms with Crippen LogP contribution in [-0.4, -0.2) is 35.6 Å². The van der Waals surface area contributed by atoms with E-state index < -0.39 is 0 Å². The van der Waals surface area contributed by atoms with Gasteiger partial charge < -0.3 is 15.5 Å². The summed E-state index contributed by atoms with van der Waals surface area (Å²) in [7, 11) is 3.84. The number of aromatic nitrogens is 3. The zero-order chi connectivity index (χ0) is 15.2. The molecule has 2 heterocycles. The van der Waals surface area contributed by atoms with E-state index in [1.54, 1.807) is 11.3 Å². The van der Waals surface area contributed by atoms with Gasteiger partial charge in [-0.25, -0.2) is 0 Å². The second-order valence-corrected chi connectivity index (χ2v) is 5.78. The molecule has 2 aromatic rings. The minimum atomic E-state index is 0.597. The summed E-state index contributed by atoms with van der Waals surface area (Å²) in [6.45, 7) is 5.71. The molecule has 0 aromatic carbocycles. The topological polar surface area (TPSA) is 66.0 Å². The van der Waals surface area contributed by atoms with Crippen LogP contribution in [0, 0.1) is 0 Å². The average molecular weight is 306 g/mol. The van der Waals surface area contributed by atoms with E-state index in [0.29, 0.717) is 17.8 Å². The molecule has 0 saturated carbocycles. The summed E-state index contributed by atoms with van der Waals surface area (Å²) in [5, 5.41) is 8.55. The number of nitrogens with one attached hydrogen (secondary N) is 2. The molecule has 6 nitrogen and oxygen atoms in total. The van der Waals surface area contributed by atoms with Crippen LogP contribution in [-0.2, 0) is 13.0 Å². The summed E-state index contributed by atoms with van der Waals surface area (Å²) in [4.78, 5) is 16.4. The van der Waals surface area contributed by atoms with Crippen LogP contribution in [0.25, 0.3) is 0 Å². The molecule has 0 radical (unpaired) electrons. The normalized spacial score (nSPS) is 10.5. The molecular weight excluding hydrogens is 284 g/mol. The Morgan fingerprint density at radius 3 is 2.43 bits per heavy atom. The van der Waals surface area contributed by atoms with Crippen molar-refractivity contribution in [3.8, 4) is 0 Å². The van der Waals surface area contributed by atoms with Crippen molar-refractivity contribution in [2.45, 2.75) is 26.8 Å². The molecule has 0 saturated heterocycles. The van der Waals surface area contributed by atoms with Crippen LogP contribution in [0.3, 0.4) is 0 Å². The van der Waals surface area contributed by atoms with Gasteiger partial charge in [0.2, 0.25) is 17.8 Å². The highest BCUT2D eigenvalue weighted by atomic mass is 32.1. The number of aryl methyl sites for hydroxylation is 1. The zero-order valence-corrected chi connectivity index (χ0v) is 13.8. The average Bonchev–Trinajstić information content (AvgIpc) is 2.92. The highest BCUT2D eigenvalue weighted by Crippen LogP contribution is 2.19. The first-order valence-electron chi connectivity index (χ1n) is 7.10. The Bertz CT molecular complexity index is 581. The fraction of sp³-hybridized carbons (Fsp3) is 0.500. The quantitative estimate of drug-likeness (QED) is 0.819. The third-order valence-corrected chi connectivity index (χ3v) is 3.95. The van der Waals surface area contributed by atoms with Crippen LogP contribution in [0.2, 0.25) is 0 Å². The number of hydrogen-bond donors (Lipinski definition) is 2. The smallest absolute Gasteiger partial charge is 0.231 e. The summed E-state index contributed by atoms with van der Waals surface area (Å²) in [5.41, 5.74) is 1.38. The minimum absolute atomic E-state index is 0.597. The van der Waals surface area contributed by atoms with Gasteiger partial charge in [0.05, 0.1) is 6.54 Å². The lowest BCUT2D eigenvalue weighted by atomic mass is 10.2. The molecule has 2 rings (SSSR count). The molecule has 114 valence electrons. The minimum Gasteiger partial charge on any atom is -0.354 e. The molecule has 0 aliphatic rings. The van der Waals surface area contributed by atoms with Crippen molar-refractivity contribution in [3.63, 3.8) is 0 Å². The molecule has 2 N–H and O–H groups in total. The van der Waals surface area contributed by atoms with E-state index in [1.165, 1.54) is 10.4 Å². The number of thiophene rings is 1. The van der Waals surface area contributed by atoms with Gasteiger partial charge in [0, 0.05) is 25.5 Å². The van der Waals surface area contributed by atoms with Gasteiger partial charge in [-0.1, -0.05) is 6.92 Å². The van der Waals surface area contributed by atoms with Crippen molar-refractivity contribution in [1.29, 1.82) is 0 Å². The van der Waals surface area contributed by atoms with E-state index in [0.717, 1.165) is 19.5 Å². The van der Waals surface area contributed by atoms with Crippen LogP contribution < -0.4 is 15.5 Å². The largest absolute Gasteiger partial charge is 0.354 e. The van der Waals surface area contributed by atoms with Crippen molar-refractivity contribution < 1.29 is 0 Å². The molecule has 0 amide bonds.